The van der Waals surface area contributed by atoms with Gasteiger partial charge in [0.1, 0.15) is 11.6 Å². The van der Waals surface area contributed by atoms with Crippen LogP contribution in [0.1, 0.15) is 42.4 Å². The summed E-state index contributed by atoms with van der Waals surface area (Å²) in [5, 5.41) is 0. The summed E-state index contributed by atoms with van der Waals surface area (Å²) in [5.41, 5.74) is 2.90. The van der Waals surface area contributed by atoms with Gasteiger partial charge in [-0.3, -0.25) is 4.79 Å². The van der Waals surface area contributed by atoms with Crippen molar-refractivity contribution in [3.05, 3.63) is 58.9 Å². The minimum atomic E-state index is -0.286. The Kier molecular flexibility index (Phi) is 4.37. The van der Waals surface area contributed by atoms with E-state index in [-0.39, 0.29) is 11.7 Å². The van der Waals surface area contributed by atoms with Crippen LogP contribution >= 0.6 is 0 Å². The van der Waals surface area contributed by atoms with Gasteiger partial charge in [-0.1, -0.05) is 26.0 Å². The van der Waals surface area contributed by atoms with Crippen molar-refractivity contribution in [2.24, 2.45) is 0 Å². The lowest BCUT2D eigenvalue weighted by Crippen LogP contribution is -2.37. The lowest BCUT2D eigenvalue weighted by atomic mass is 10.0. The lowest BCUT2D eigenvalue weighted by molar-refractivity contribution is -0.131. The van der Waals surface area contributed by atoms with Gasteiger partial charge in [-0.15, -0.1) is 0 Å². The second kappa shape index (κ2) is 6.44. The number of aromatic nitrogens is 2. The molecular formula is C18H20FN3O. The standard InChI is InChI=1S/C18H20FN3O/c1-12(2)18-20-10-14-11-22(8-7-16(14)21-18)17(23)9-13-3-5-15(19)6-4-13/h3-6,10,12H,7-9,11H2,1-2H3. The second-order valence-corrected chi connectivity index (χ2v) is 6.22. The summed E-state index contributed by atoms with van der Waals surface area (Å²) in [6, 6.07) is 6.08. The number of hydrogen-bond acceptors (Lipinski definition) is 3. The molecule has 3 rings (SSSR count). The molecule has 0 aliphatic carbocycles. The van der Waals surface area contributed by atoms with Gasteiger partial charge < -0.3 is 4.90 Å². The quantitative estimate of drug-likeness (QED) is 0.875. The Bertz CT molecular complexity index is 713. The van der Waals surface area contributed by atoms with Gasteiger partial charge in [0, 0.05) is 37.2 Å². The number of carbonyl (C=O) groups excluding carboxylic acids is 1. The summed E-state index contributed by atoms with van der Waals surface area (Å²) in [6.07, 6.45) is 2.89. The molecule has 1 aliphatic rings. The molecule has 2 heterocycles. The SMILES string of the molecule is CC(C)c1ncc2c(n1)CCN(C(=O)Cc1ccc(F)cc1)C2. The molecule has 0 unspecified atom stereocenters. The van der Waals surface area contributed by atoms with Crippen LogP contribution in [-0.4, -0.2) is 27.3 Å². The van der Waals surface area contributed by atoms with Crippen LogP contribution in [0.4, 0.5) is 4.39 Å². The van der Waals surface area contributed by atoms with E-state index in [1.54, 1.807) is 12.1 Å². The zero-order valence-corrected chi connectivity index (χ0v) is 13.4. The van der Waals surface area contributed by atoms with Gasteiger partial charge in [0.2, 0.25) is 5.91 Å². The maximum atomic E-state index is 12.9. The highest BCUT2D eigenvalue weighted by atomic mass is 19.1. The van der Waals surface area contributed by atoms with Crippen LogP contribution in [0.25, 0.3) is 0 Å². The molecule has 0 N–H and O–H groups in total. The van der Waals surface area contributed by atoms with E-state index in [1.165, 1.54) is 12.1 Å². The third-order valence-corrected chi connectivity index (χ3v) is 4.09. The van der Waals surface area contributed by atoms with Crippen LogP contribution < -0.4 is 0 Å². The molecule has 0 saturated heterocycles. The number of hydrogen-bond donors (Lipinski definition) is 0. The third kappa shape index (κ3) is 3.55. The average Bonchev–Trinajstić information content (AvgIpc) is 2.55. The molecule has 1 aromatic carbocycles. The molecule has 0 radical (unpaired) electrons. The highest BCUT2D eigenvalue weighted by Gasteiger charge is 2.22. The number of benzene rings is 1. The molecule has 0 spiro atoms. The lowest BCUT2D eigenvalue weighted by Gasteiger charge is -2.28. The Labute approximate surface area is 135 Å². The van der Waals surface area contributed by atoms with Crippen LogP contribution in [0.15, 0.2) is 30.5 Å². The Hall–Kier alpha value is -2.30. The number of carbonyl (C=O) groups is 1. The fraction of sp³-hybridized carbons (Fsp3) is 0.389. The summed E-state index contributed by atoms with van der Waals surface area (Å²) in [5.74, 6) is 0.926. The number of halogens is 1. The highest BCUT2D eigenvalue weighted by molar-refractivity contribution is 5.79. The van der Waals surface area contributed by atoms with Gasteiger partial charge in [0.15, 0.2) is 0 Å². The maximum Gasteiger partial charge on any atom is 0.227 e. The number of amides is 1. The molecule has 1 amide bonds. The first kappa shape index (κ1) is 15.6. The molecule has 0 atom stereocenters. The van der Waals surface area contributed by atoms with Crippen molar-refractivity contribution in [2.45, 2.75) is 39.2 Å². The number of nitrogens with zero attached hydrogens (tertiary/aromatic N) is 3. The first-order chi connectivity index (χ1) is 11.0. The molecule has 120 valence electrons. The van der Waals surface area contributed by atoms with Gasteiger partial charge in [0.25, 0.3) is 0 Å². The zero-order chi connectivity index (χ0) is 16.4. The Morgan fingerprint density at radius 1 is 1.30 bits per heavy atom. The van der Waals surface area contributed by atoms with Gasteiger partial charge in [-0.05, 0) is 17.7 Å². The molecule has 23 heavy (non-hydrogen) atoms. The third-order valence-electron chi connectivity index (χ3n) is 4.09. The summed E-state index contributed by atoms with van der Waals surface area (Å²) in [4.78, 5) is 23.3. The normalized spacial score (nSPS) is 14.0. The fourth-order valence-corrected chi connectivity index (χ4v) is 2.71. The fourth-order valence-electron chi connectivity index (χ4n) is 2.71. The molecule has 4 nitrogen and oxygen atoms in total. The smallest absolute Gasteiger partial charge is 0.227 e. The molecule has 1 aliphatic heterocycles. The minimum Gasteiger partial charge on any atom is -0.338 e. The summed E-state index contributed by atoms with van der Waals surface area (Å²) in [7, 11) is 0. The predicted octanol–water partition coefficient (Wildman–Crippen LogP) is 2.87. The van der Waals surface area contributed by atoms with E-state index < -0.39 is 0 Å². The van der Waals surface area contributed by atoms with Crippen molar-refractivity contribution in [1.82, 2.24) is 14.9 Å². The monoisotopic (exact) mass is 313 g/mol. The zero-order valence-electron chi connectivity index (χ0n) is 13.4. The summed E-state index contributed by atoms with van der Waals surface area (Å²) in [6.45, 7) is 5.36. The van der Waals surface area contributed by atoms with Gasteiger partial charge in [0.05, 0.1) is 12.1 Å². The van der Waals surface area contributed by atoms with Crippen molar-refractivity contribution < 1.29 is 9.18 Å². The van der Waals surface area contributed by atoms with Crippen molar-refractivity contribution in [1.29, 1.82) is 0 Å². The molecular weight excluding hydrogens is 293 g/mol. The van der Waals surface area contributed by atoms with Crippen molar-refractivity contribution in [2.75, 3.05) is 6.54 Å². The van der Waals surface area contributed by atoms with E-state index in [0.717, 1.165) is 29.1 Å². The first-order valence-electron chi connectivity index (χ1n) is 7.90. The predicted molar refractivity (Wildman–Crippen MR) is 85.3 cm³/mol. The molecule has 0 bridgehead atoms. The van der Waals surface area contributed by atoms with Crippen LogP contribution in [0, 0.1) is 5.82 Å². The van der Waals surface area contributed by atoms with E-state index >= 15 is 0 Å². The molecule has 1 aromatic heterocycles. The molecule has 0 fully saturated rings. The maximum absolute atomic E-state index is 12.9. The van der Waals surface area contributed by atoms with Crippen LogP contribution in [-0.2, 0) is 24.2 Å². The van der Waals surface area contributed by atoms with Crippen LogP contribution in [0.5, 0.6) is 0 Å². The topological polar surface area (TPSA) is 46.1 Å². The largest absolute Gasteiger partial charge is 0.338 e. The van der Waals surface area contributed by atoms with Gasteiger partial charge >= 0.3 is 0 Å². The first-order valence-corrected chi connectivity index (χ1v) is 7.90. The van der Waals surface area contributed by atoms with E-state index in [4.69, 9.17) is 0 Å². The van der Waals surface area contributed by atoms with E-state index in [1.807, 2.05) is 11.1 Å². The van der Waals surface area contributed by atoms with Crippen molar-refractivity contribution in [3.63, 3.8) is 0 Å². The van der Waals surface area contributed by atoms with Gasteiger partial charge in [-0.2, -0.15) is 0 Å². The van der Waals surface area contributed by atoms with E-state index in [2.05, 4.69) is 23.8 Å². The summed E-state index contributed by atoms with van der Waals surface area (Å²) < 4.78 is 12.9. The average molecular weight is 313 g/mol. The van der Waals surface area contributed by atoms with Gasteiger partial charge in [-0.25, -0.2) is 14.4 Å². The minimum absolute atomic E-state index is 0.0511. The molecule has 0 saturated carbocycles. The Balaban J connectivity index is 1.69. The van der Waals surface area contributed by atoms with Crippen molar-refractivity contribution >= 4 is 5.91 Å². The van der Waals surface area contributed by atoms with E-state index in [9.17, 15) is 9.18 Å². The summed E-state index contributed by atoms with van der Waals surface area (Å²) >= 11 is 0. The van der Waals surface area contributed by atoms with Crippen molar-refractivity contribution in [3.8, 4) is 0 Å². The Morgan fingerprint density at radius 3 is 2.74 bits per heavy atom. The number of rotatable bonds is 3. The molecule has 5 heteroatoms. The van der Waals surface area contributed by atoms with Crippen LogP contribution in [0.2, 0.25) is 0 Å². The second-order valence-electron chi connectivity index (χ2n) is 6.22. The molecule has 2 aromatic rings. The number of fused-ring (bicyclic) bond motifs is 1. The van der Waals surface area contributed by atoms with Crippen LogP contribution in [0.3, 0.4) is 0 Å². The highest BCUT2D eigenvalue weighted by Crippen LogP contribution is 2.19. The Morgan fingerprint density at radius 2 is 2.04 bits per heavy atom. The van der Waals surface area contributed by atoms with E-state index in [0.29, 0.717) is 25.4 Å².